The largest absolute Gasteiger partial charge is 0.497 e. The van der Waals surface area contributed by atoms with E-state index >= 15 is 0 Å². The molecule has 1 aliphatic rings. The number of nitrogens with one attached hydrogen (secondary N) is 1. The number of anilines is 4. The van der Waals surface area contributed by atoms with Crippen molar-refractivity contribution in [3.8, 4) is 11.5 Å². The highest BCUT2D eigenvalue weighted by Gasteiger charge is 2.19. The molecular weight excluding hydrogens is 394 g/mol. The van der Waals surface area contributed by atoms with Gasteiger partial charge in [0, 0.05) is 37.9 Å². The van der Waals surface area contributed by atoms with E-state index in [1.54, 1.807) is 20.3 Å². The molecule has 0 atom stereocenters. The van der Waals surface area contributed by atoms with Crippen LogP contribution in [-0.2, 0) is 6.54 Å². The van der Waals surface area contributed by atoms with Crippen LogP contribution in [0.5, 0.6) is 11.5 Å². The molecule has 0 saturated carbocycles. The summed E-state index contributed by atoms with van der Waals surface area (Å²) in [6.07, 6.45) is 0. The summed E-state index contributed by atoms with van der Waals surface area (Å²) in [6, 6.07) is 15.9. The average Bonchev–Trinajstić information content (AvgIpc) is 2.80. The third kappa shape index (κ3) is 5.13. The van der Waals surface area contributed by atoms with Crippen molar-refractivity contribution in [2.75, 3.05) is 56.3 Å². The lowest BCUT2D eigenvalue weighted by molar-refractivity contribution is 0.244. The third-order valence-electron chi connectivity index (χ3n) is 5.21. The number of rotatable bonds is 7. The SMILES string of the molecule is COc1ccc(Nc2nc(N)nc(CN3CCN(c4ccccc4)CC3)n2)c(OC)c1. The summed E-state index contributed by atoms with van der Waals surface area (Å²) >= 11 is 0. The molecule has 1 fully saturated rings. The first-order valence-corrected chi connectivity index (χ1v) is 10.2. The predicted molar refractivity (Wildman–Crippen MR) is 121 cm³/mol. The molecule has 0 bridgehead atoms. The molecule has 0 radical (unpaired) electrons. The summed E-state index contributed by atoms with van der Waals surface area (Å²) in [5.41, 5.74) is 7.93. The molecule has 0 aliphatic carbocycles. The second-order valence-electron chi connectivity index (χ2n) is 7.22. The molecule has 162 valence electrons. The van der Waals surface area contributed by atoms with Gasteiger partial charge < -0.3 is 25.4 Å². The Kier molecular flexibility index (Phi) is 6.32. The van der Waals surface area contributed by atoms with Crippen LogP contribution >= 0.6 is 0 Å². The summed E-state index contributed by atoms with van der Waals surface area (Å²) < 4.78 is 10.7. The molecule has 1 aliphatic heterocycles. The van der Waals surface area contributed by atoms with Crippen molar-refractivity contribution in [1.82, 2.24) is 19.9 Å². The maximum Gasteiger partial charge on any atom is 0.232 e. The molecular formula is C22H27N7O2. The van der Waals surface area contributed by atoms with Crippen LogP contribution in [0.15, 0.2) is 48.5 Å². The minimum atomic E-state index is 0.183. The number of ether oxygens (including phenoxy) is 2. The Bertz CT molecular complexity index is 1010. The van der Waals surface area contributed by atoms with Crippen LogP contribution in [0, 0.1) is 0 Å². The molecule has 2 heterocycles. The molecule has 1 saturated heterocycles. The van der Waals surface area contributed by atoms with Crippen molar-refractivity contribution in [3.05, 3.63) is 54.4 Å². The number of nitrogen functional groups attached to an aromatic ring is 1. The number of hydrogen-bond acceptors (Lipinski definition) is 9. The van der Waals surface area contributed by atoms with Gasteiger partial charge in [-0.1, -0.05) is 18.2 Å². The van der Waals surface area contributed by atoms with E-state index in [0.29, 0.717) is 29.8 Å². The Balaban J connectivity index is 1.42. The van der Waals surface area contributed by atoms with Crippen molar-refractivity contribution in [2.45, 2.75) is 6.54 Å². The van der Waals surface area contributed by atoms with Crippen LogP contribution in [0.2, 0.25) is 0 Å². The summed E-state index contributed by atoms with van der Waals surface area (Å²) in [5.74, 6) is 2.53. The van der Waals surface area contributed by atoms with Gasteiger partial charge in [0.2, 0.25) is 11.9 Å². The standard InChI is InChI=1S/C22H27N7O2/c1-30-17-8-9-18(19(14-17)31-2)24-22-26-20(25-21(23)27-22)15-28-10-12-29(13-11-28)16-6-4-3-5-7-16/h3-9,14H,10-13,15H2,1-2H3,(H3,23,24,25,26,27). The zero-order valence-corrected chi connectivity index (χ0v) is 17.8. The molecule has 9 heteroatoms. The van der Waals surface area contributed by atoms with Crippen molar-refractivity contribution < 1.29 is 9.47 Å². The molecule has 4 rings (SSSR count). The molecule has 2 aromatic carbocycles. The minimum Gasteiger partial charge on any atom is -0.497 e. The average molecular weight is 422 g/mol. The van der Waals surface area contributed by atoms with E-state index in [4.69, 9.17) is 15.2 Å². The zero-order valence-electron chi connectivity index (χ0n) is 17.8. The fourth-order valence-corrected chi connectivity index (χ4v) is 3.59. The quantitative estimate of drug-likeness (QED) is 0.596. The smallest absolute Gasteiger partial charge is 0.232 e. The fraction of sp³-hybridized carbons (Fsp3) is 0.318. The van der Waals surface area contributed by atoms with E-state index in [1.165, 1.54) is 5.69 Å². The number of aromatic nitrogens is 3. The highest BCUT2D eigenvalue weighted by molar-refractivity contribution is 5.64. The van der Waals surface area contributed by atoms with E-state index in [0.717, 1.165) is 31.9 Å². The summed E-state index contributed by atoms with van der Waals surface area (Å²) in [7, 11) is 3.21. The third-order valence-corrected chi connectivity index (χ3v) is 5.21. The molecule has 0 unspecified atom stereocenters. The van der Waals surface area contributed by atoms with Gasteiger partial charge in [-0.25, -0.2) is 0 Å². The second kappa shape index (κ2) is 9.48. The van der Waals surface area contributed by atoms with Crippen LogP contribution in [0.1, 0.15) is 5.82 Å². The van der Waals surface area contributed by atoms with Gasteiger partial charge in [0.15, 0.2) is 0 Å². The van der Waals surface area contributed by atoms with E-state index in [2.05, 4.69) is 54.3 Å². The highest BCUT2D eigenvalue weighted by atomic mass is 16.5. The first kappa shape index (κ1) is 20.7. The first-order chi connectivity index (χ1) is 15.1. The van der Waals surface area contributed by atoms with E-state index < -0.39 is 0 Å². The summed E-state index contributed by atoms with van der Waals surface area (Å²) in [4.78, 5) is 17.8. The van der Waals surface area contributed by atoms with Crippen LogP contribution < -0.4 is 25.4 Å². The number of para-hydroxylation sites is 1. The van der Waals surface area contributed by atoms with E-state index in [9.17, 15) is 0 Å². The van der Waals surface area contributed by atoms with Crippen LogP contribution in [0.4, 0.5) is 23.3 Å². The Labute approximate surface area is 181 Å². The fourth-order valence-electron chi connectivity index (χ4n) is 3.59. The Morgan fingerprint density at radius 2 is 1.71 bits per heavy atom. The van der Waals surface area contributed by atoms with Gasteiger partial charge in [-0.15, -0.1) is 0 Å². The number of nitrogens with zero attached hydrogens (tertiary/aromatic N) is 5. The summed E-state index contributed by atoms with van der Waals surface area (Å²) in [5, 5.41) is 3.17. The first-order valence-electron chi connectivity index (χ1n) is 10.2. The molecule has 3 N–H and O–H groups in total. The number of methoxy groups -OCH3 is 2. The van der Waals surface area contributed by atoms with Crippen molar-refractivity contribution in [2.24, 2.45) is 0 Å². The van der Waals surface area contributed by atoms with Gasteiger partial charge in [0.25, 0.3) is 0 Å². The molecule has 1 aromatic heterocycles. The second-order valence-corrected chi connectivity index (χ2v) is 7.22. The van der Waals surface area contributed by atoms with Gasteiger partial charge >= 0.3 is 0 Å². The van der Waals surface area contributed by atoms with Crippen molar-refractivity contribution in [1.29, 1.82) is 0 Å². The lowest BCUT2D eigenvalue weighted by atomic mass is 10.2. The zero-order chi connectivity index (χ0) is 21.6. The van der Waals surface area contributed by atoms with Crippen LogP contribution in [0.25, 0.3) is 0 Å². The van der Waals surface area contributed by atoms with Gasteiger partial charge in [0.1, 0.15) is 17.3 Å². The van der Waals surface area contributed by atoms with Gasteiger partial charge in [-0.3, -0.25) is 4.90 Å². The lowest BCUT2D eigenvalue weighted by Gasteiger charge is -2.35. The maximum absolute atomic E-state index is 5.95. The predicted octanol–water partition coefficient (Wildman–Crippen LogP) is 2.54. The molecule has 0 spiro atoms. The normalized spacial score (nSPS) is 14.3. The number of piperazine rings is 1. The number of hydrogen-bond donors (Lipinski definition) is 2. The lowest BCUT2D eigenvalue weighted by Crippen LogP contribution is -2.46. The number of nitrogens with two attached hydrogens (primary N) is 1. The van der Waals surface area contributed by atoms with Gasteiger partial charge in [0.05, 0.1) is 26.5 Å². The van der Waals surface area contributed by atoms with Crippen LogP contribution in [-0.4, -0.2) is 60.3 Å². The van der Waals surface area contributed by atoms with Crippen molar-refractivity contribution in [3.63, 3.8) is 0 Å². The Hall–Kier alpha value is -3.59. The Morgan fingerprint density at radius 3 is 2.42 bits per heavy atom. The summed E-state index contributed by atoms with van der Waals surface area (Å²) in [6.45, 7) is 4.38. The van der Waals surface area contributed by atoms with E-state index in [-0.39, 0.29) is 5.95 Å². The molecule has 9 nitrogen and oxygen atoms in total. The monoisotopic (exact) mass is 421 g/mol. The Morgan fingerprint density at radius 1 is 0.935 bits per heavy atom. The maximum atomic E-state index is 5.95. The highest BCUT2D eigenvalue weighted by Crippen LogP contribution is 2.30. The topological polar surface area (TPSA) is 102 Å². The molecule has 3 aromatic rings. The van der Waals surface area contributed by atoms with Crippen molar-refractivity contribution >= 4 is 23.3 Å². The minimum absolute atomic E-state index is 0.183. The van der Waals surface area contributed by atoms with Crippen LogP contribution in [0.3, 0.4) is 0 Å². The van der Waals surface area contributed by atoms with Gasteiger partial charge in [-0.05, 0) is 24.3 Å². The number of benzene rings is 2. The molecule has 31 heavy (non-hydrogen) atoms. The molecule has 0 amide bonds. The van der Waals surface area contributed by atoms with Gasteiger partial charge in [-0.2, -0.15) is 15.0 Å². The van der Waals surface area contributed by atoms with E-state index in [1.807, 2.05) is 18.2 Å².